The van der Waals surface area contributed by atoms with Gasteiger partial charge in [-0.25, -0.2) is 0 Å². The third-order valence-corrected chi connectivity index (χ3v) is 3.70. The van der Waals surface area contributed by atoms with E-state index in [9.17, 15) is 0 Å². The fraction of sp³-hybridized carbons (Fsp3) is 0.278. The van der Waals surface area contributed by atoms with Crippen molar-refractivity contribution in [2.45, 2.75) is 32.7 Å². The van der Waals surface area contributed by atoms with Crippen LogP contribution in [0.15, 0.2) is 54.6 Å². The van der Waals surface area contributed by atoms with Gasteiger partial charge in [0.15, 0.2) is 5.11 Å². The zero-order valence-electron chi connectivity index (χ0n) is 12.6. The molecule has 0 saturated heterocycles. The Kier molecular flexibility index (Phi) is 5.76. The van der Waals surface area contributed by atoms with Gasteiger partial charge in [0, 0.05) is 5.69 Å². The Labute approximate surface area is 132 Å². The van der Waals surface area contributed by atoms with Crippen LogP contribution >= 0.6 is 12.2 Å². The zero-order chi connectivity index (χ0) is 15.1. The Morgan fingerprint density at radius 1 is 1.05 bits per heavy atom. The summed E-state index contributed by atoms with van der Waals surface area (Å²) in [5.41, 5.74) is 3.51. The Morgan fingerprint density at radius 2 is 1.71 bits per heavy atom. The maximum Gasteiger partial charge on any atom is 0.171 e. The number of nitrogens with one attached hydrogen (secondary N) is 2. The van der Waals surface area contributed by atoms with Crippen molar-refractivity contribution in [1.82, 2.24) is 5.32 Å². The quantitative estimate of drug-likeness (QED) is 0.774. The molecule has 2 nitrogen and oxygen atoms in total. The number of benzene rings is 2. The molecule has 3 heteroatoms. The summed E-state index contributed by atoms with van der Waals surface area (Å²) >= 11 is 5.46. The van der Waals surface area contributed by atoms with E-state index in [4.69, 9.17) is 12.2 Å². The van der Waals surface area contributed by atoms with E-state index < -0.39 is 0 Å². The van der Waals surface area contributed by atoms with Gasteiger partial charge < -0.3 is 10.6 Å². The minimum absolute atomic E-state index is 0.250. The monoisotopic (exact) mass is 298 g/mol. The van der Waals surface area contributed by atoms with E-state index in [2.05, 4.69) is 54.8 Å². The molecule has 2 aromatic carbocycles. The van der Waals surface area contributed by atoms with Crippen LogP contribution in [-0.4, -0.2) is 5.11 Å². The highest BCUT2D eigenvalue weighted by Gasteiger charge is 2.11. The van der Waals surface area contributed by atoms with Crippen LogP contribution in [0.5, 0.6) is 0 Å². The summed E-state index contributed by atoms with van der Waals surface area (Å²) in [6.07, 6.45) is 2.17. The first-order chi connectivity index (χ1) is 10.2. The zero-order valence-corrected chi connectivity index (χ0v) is 13.4. The Balaban J connectivity index is 2.04. The smallest absolute Gasteiger partial charge is 0.171 e. The summed E-state index contributed by atoms with van der Waals surface area (Å²) < 4.78 is 0. The first-order valence-electron chi connectivity index (χ1n) is 7.38. The van der Waals surface area contributed by atoms with E-state index in [1.54, 1.807) is 0 Å². The van der Waals surface area contributed by atoms with Gasteiger partial charge in [-0.1, -0.05) is 61.9 Å². The predicted octanol–water partition coefficient (Wildman–Crippen LogP) is 4.82. The molecule has 0 spiro atoms. The highest BCUT2D eigenvalue weighted by Crippen LogP contribution is 2.19. The molecule has 2 rings (SSSR count). The van der Waals surface area contributed by atoms with Crippen molar-refractivity contribution in [3.8, 4) is 0 Å². The van der Waals surface area contributed by atoms with Crippen molar-refractivity contribution < 1.29 is 0 Å². The van der Waals surface area contributed by atoms with Crippen molar-refractivity contribution in [3.63, 3.8) is 0 Å². The summed E-state index contributed by atoms with van der Waals surface area (Å²) in [6.45, 7) is 4.26. The van der Waals surface area contributed by atoms with Crippen molar-refractivity contribution in [2.24, 2.45) is 0 Å². The number of hydrogen-bond acceptors (Lipinski definition) is 1. The standard InChI is InChI=1S/C18H22N2S/c1-3-9-17(15-11-5-4-6-12-15)20-18(21)19-16-13-8-7-10-14(16)2/h4-8,10-13,17H,3,9H2,1-2H3,(H2,19,20,21)/t17-/m1/s1. The number of rotatable bonds is 5. The predicted molar refractivity (Wildman–Crippen MR) is 94.6 cm³/mol. The maximum atomic E-state index is 5.46. The normalized spacial score (nSPS) is 11.7. The third-order valence-electron chi connectivity index (χ3n) is 3.48. The molecule has 0 saturated carbocycles. The molecule has 0 heterocycles. The van der Waals surface area contributed by atoms with Crippen LogP contribution in [0.25, 0.3) is 0 Å². The fourth-order valence-electron chi connectivity index (χ4n) is 2.33. The molecular weight excluding hydrogens is 276 g/mol. The first kappa shape index (κ1) is 15.5. The van der Waals surface area contributed by atoms with E-state index in [1.807, 2.05) is 24.3 Å². The molecule has 1 atom stereocenters. The lowest BCUT2D eigenvalue weighted by Crippen LogP contribution is -2.32. The summed E-state index contributed by atoms with van der Waals surface area (Å²) in [5.74, 6) is 0. The van der Waals surface area contributed by atoms with Gasteiger partial charge in [0.1, 0.15) is 0 Å². The van der Waals surface area contributed by atoms with Crippen LogP contribution in [0.3, 0.4) is 0 Å². The number of hydrogen-bond donors (Lipinski definition) is 2. The van der Waals surface area contributed by atoms with Crippen molar-refractivity contribution >= 4 is 23.0 Å². The highest BCUT2D eigenvalue weighted by atomic mass is 32.1. The van der Waals surface area contributed by atoms with E-state index >= 15 is 0 Å². The molecule has 0 unspecified atom stereocenters. The van der Waals surface area contributed by atoms with E-state index in [0.29, 0.717) is 5.11 Å². The molecule has 0 aliphatic carbocycles. The third kappa shape index (κ3) is 4.57. The van der Waals surface area contributed by atoms with Gasteiger partial charge in [0.05, 0.1) is 6.04 Å². The molecule has 0 fully saturated rings. The van der Waals surface area contributed by atoms with Crippen LogP contribution in [0.4, 0.5) is 5.69 Å². The average molecular weight is 298 g/mol. The molecule has 0 aromatic heterocycles. The largest absolute Gasteiger partial charge is 0.356 e. The van der Waals surface area contributed by atoms with Gasteiger partial charge >= 0.3 is 0 Å². The molecule has 0 radical (unpaired) electrons. The van der Waals surface area contributed by atoms with E-state index in [0.717, 1.165) is 18.5 Å². The van der Waals surface area contributed by atoms with Gasteiger partial charge in [-0.2, -0.15) is 0 Å². The molecule has 2 aromatic rings. The molecule has 0 aliphatic heterocycles. The second-order valence-electron chi connectivity index (χ2n) is 5.17. The topological polar surface area (TPSA) is 24.1 Å². The molecule has 110 valence electrons. The minimum atomic E-state index is 0.250. The van der Waals surface area contributed by atoms with E-state index in [-0.39, 0.29) is 6.04 Å². The lowest BCUT2D eigenvalue weighted by Gasteiger charge is -2.21. The van der Waals surface area contributed by atoms with Crippen molar-refractivity contribution in [1.29, 1.82) is 0 Å². The first-order valence-corrected chi connectivity index (χ1v) is 7.79. The Morgan fingerprint density at radius 3 is 2.38 bits per heavy atom. The van der Waals surface area contributed by atoms with Gasteiger partial charge in [-0.15, -0.1) is 0 Å². The SMILES string of the molecule is CCC[C@@H](NC(=S)Nc1ccccc1C)c1ccccc1. The molecule has 2 N–H and O–H groups in total. The molecule has 0 amide bonds. The Bertz CT molecular complexity index is 581. The summed E-state index contributed by atoms with van der Waals surface area (Å²) in [6, 6.07) is 18.9. The van der Waals surface area contributed by atoms with Gasteiger partial charge in [0.2, 0.25) is 0 Å². The minimum Gasteiger partial charge on any atom is -0.356 e. The van der Waals surface area contributed by atoms with Crippen molar-refractivity contribution in [3.05, 3.63) is 65.7 Å². The number of thiocarbonyl (C=S) groups is 1. The molecular formula is C18H22N2S. The molecule has 0 aliphatic rings. The lowest BCUT2D eigenvalue weighted by atomic mass is 10.0. The second-order valence-corrected chi connectivity index (χ2v) is 5.57. The summed E-state index contributed by atoms with van der Waals surface area (Å²) in [4.78, 5) is 0. The van der Waals surface area contributed by atoms with Gasteiger partial charge in [0.25, 0.3) is 0 Å². The second kappa shape index (κ2) is 7.79. The number of para-hydroxylation sites is 1. The lowest BCUT2D eigenvalue weighted by molar-refractivity contribution is 0.584. The highest BCUT2D eigenvalue weighted by molar-refractivity contribution is 7.80. The fourth-order valence-corrected chi connectivity index (χ4v) is 2.58. The van der Waals surface area contributed by atoms with E-state index in [1.165, 1.54) is 11.1 Å². The Hall–Kier alpha value is -1.87. The number of anilines is 1. The van der Waals surface area contributed by atoms with Gasteiger partial charge in [-0.05, 0) is 42.8 Å². The average Bonchev–Trinajstić information content (AvgIpc) is 2.50. The van der Waals surface area contributed by atoms with Crippen LogP contribution in [0, 0.1) is 6.92 Å². The summed E-state index contributed by atoms with van der Waals surface area (Å²) in [7, 11) is 0. The van der Waals surface area contributed by atoms with Crippen molar-refractivity contribution in [2.75, 3.05) is 5.32 Å². The van der Waals surface area contributed by atoms with Crippen LogP contribution in [-0.2, 0) is 0 Å². The van der Waals surface area contributed by atoms with Gasteiger partial charge in [-0.3, -0.25) is 0 Å². The summed E-state index contributed by atoms with van der Waals surface area (Å²) in [5, 5.41) is 7.39. The molecule has 21 heavy (non-hydrogen) atoms. The molecule has 0 bridgehead atoms. The van der Waals surface area contributed by atoms with Crippen LogP contribution in [0.1, 0.15) is 36.9 Å². The van der Waals surface area contributed by atoms with Crippen LogP contribution in [0.2, 0.25) is 0 Å². The number of aryl methyl sites for hydroxylation is 1. The maximum absolute atomic E-state index is 5.46. The van der Waals surface area contributed by atoms with Crippen LogP contribution < -0.4 is 10.6 Å².